The molecule has 69 heavy (non-hydrogen) atoms. The van der Waals surface area contributed by atoms with Crippen molar-refractivity contribution >= 4 is 25.7 Å². The minimum Gasteiger partial charge on any atom is -0.756 e. The van der Waals surface area contributed by atoms with E-state index < -0.39 is 32.5 Å². The Bertz CT molecular complexity index is 1660. The third-order valence-corrected chi connectivity index (χ3v) is 18.6. The maximum atomic E-state index is 13.7. The zero-order valence-electron chi connectivity index (χ0n) is 46.0. The SMILES string of the molecule is CCCC(C)CCCCC(CCC(C)CCC)C(=O)OCC(COP(=O)([O-])OCC[N+](C)(C)C)OC(=O)CCC(=O)O[C@H]1CC[C@@]2(C)C(=CC[C@H]3[C@@H]4CC[C@H]([C@H](C)CCCC(C)C)[C@@]4(C)CC[C@@H]32)C1. The quantitative estimate of drug-likeness (QED) is 0.0160. The summed E-state index contributed by atoms with van der Waals surface area (Å²) in [5.74, 6) is 3.81. The summed E-state index contributed by atoms with van der Waals surface area (Å²) in [5, 5.41) is 0. The van der Waals surface area contributed by atoms with Crippen molar-refractivity contribution in [1.82, 2.24) is 0 Å². The standard InChI is InChI=1S/C57H102NO10P/c1-13-18-42(5)21-15-16-23-45(25-24-43(6)19-14-2)55(61)64-39-48(40-66-69(62,63)65-37-36-58(10,11)12)68-54(60)31-30-53(59)67-47-32-34-56(8)46(38-47)26-27-49-51-29-28-50(44(7)22-17-20-41(3)4)57(51,9)35-33-52(49)56/h26,41-45,47-52H,13-25,27-40H2,1-12H3/t42?,43?,44-,45?,47+,48?,49+,50-,51+,52+,56+,57-/m1/s1. The first-order chi connectivity index (χ1) is 32.5. The summed E-state index contributed by atoms with van der Waals surface area (Å²) in [6.07, 6.45) is 23.5. The lowest BCUT2D eigenvalue weighted by atomic mass is 9.47. The van der Waals surface area contributed by atoms with Crippen LogP contribution in [0.2, 0.25) is 0 Å². The van der Waals surface area contributed by atoms with Crippen LogP contribution in [0.15, 0.2) is 11.6 Å². The van der Waals surface area contributed by atoms with Crippen molar-refractivity contribution in [3.8, 4) is 0 Å². The minimum atomic E-state index is -4.77. The van der Waals surface area contributed by atoms with E-state index >= 15 is 0 Å². The molecule has 3 saturated carbocycles. The van der Waals surface area contributed by atoms with Crippen LogP contribution in [0.25, 0.3) is 0 Å². The maximum Gasteiger partial charge on any atom is 0.309 e. The zero-order valence-corrected chi connectivity index (χ0v) is 46.9. The van der Waals surface area contributed by atoms with E-state index in [9.17, 15) is 23.8 Å². The van der Waals surface area contributed by atoms with Gasteiger partial charge in [0.15, 0.2) is 6.10 Å². The van der Waals surface area contributed by atoms with Gasteiger partial charge >= 0.3 is 17.9 Å². The summed E-state index contributed by atoms with van der Waals surface area (Å²) >= 11 is 0. The lowest BCUT2D eigenvalue weighted by Gasteiger charge is -2.58. The van der Waals surface area contributed by atoms with E-state index in [4.69, 9.17) is 23.3 Å². The van der Waals surface area contributed by atoms with Gasteiger partial charge in [0.2, 0.25) is 0 Å². The summed E-state index contributed by atoms with van der Waals surface area (Å²) in [6, 6.07) is 0. The van der Waals surface area contributed by atoms with Gasteiger partial charge in [0.25, 0.3) is 7.82 Å². The first-order valence-electron chi connectivity index (χ1n) is 28.2. The molecule has 4 aliphatic carbocycles. The highest BCUT2D eigenvalue weighted by Crippen LogP contribution is 2.67. The maximum absolute atomic E-state index is 13.7. The van der Waals surface area contributed by atoms with Crippen molar-refractivity contribution in [2.75, 3.05) is 47.5 Å². The third-order valence-electron chi connectivity index (χ3n) is 17.6. The molecule has 4 aliphatic rings. The largest absolute Gasteiger partial charge is 0.756 e. The summed E-state index contributed by atoms with van der Waals surface area (Å²) in [7, 11) is 0.987. The van der Waals surface area contributed by atoms with Gasteiger partial charge in [0.05, 0.1) is 46.5 Å². The van der Waals surface area contributed by atoms with Gasteiger partial charge in [0, 0.05) is 6.42 Å². The molecule has 13 atom stereocenters. The Hall–Kier alpha value is -1.78. The molecule has 0 N–H and O–H groups in total. The number of hydrogen-bond acceptors (Lipinski definition) is 10. The highest BCUT2D eigenvalue weighted by Gasteiger charge is 2.59. The highest BCUT2D eigenvalue weighted by molar-refractivity contribution is 7.45. The summed E-state index contributed by atoms with van der Waals surface area (Å²) in [4.78, 5) is 53.1. The molecule has 5 unspecified atom stereocenters. The van der Waals surface area contributed by atoms with Crippen LogP contribution in [-0.4, -0.2) is 82.1 Å². The average Bonchev–Trinajstić information content (AvgIpc) is 3.63. The van der Waals surface area contributed by atoms with Crippen molar-refractivity contribution in [1.29, 1.82) is 0 Å². The normalized spacial score (nSPS) is 28.8. The Balaban J connectivity index is 1.32. The van der Waals surface area contributed by atoms with Crippen molar-refractivity contribution in [3.63, 3.8) is 0 Å². The summed E-state index contributed by atoms with van der Waals surface area (Å²) in [6.45, 7) is 20.6. The molecule has 0 aromatic carbocycles. The summed E-state index contributed by atoms with van der Waals surface area (Å²) in [5.41, 5.74) is 2.01. The lowest BCUT2D eigenvalue weighted by Crippen LogP contribution is -2.51. The van der Waals surface area contributed by atoms with E-state index in [-0.39, 0.29) is 49.5 Å². The van der Waals surface area contributed by atoms with Gasteiger partial charge in [-0.25, -0.2) is 0 Å². The number of unbranched alkanes of at least 4 members (excludes halogenated alkanes) is 1. The Morgan fingerprint density at radius 3 is 2.13 bits per heavy atom. The van der Waals surface area contributed by atoms with Crippen molar-refractivity contribution in [3.05, 3.63) is 11.6 Å². The smallest absolute Gasteiger partial charge is 0.309 e. The molecule has 0 bridgehead atoms. The second-order valence-electron chi connectivity index (χ2n) is 24.8. The molecule has 0 saturated heterocycles. The van der Waals surface area contributed by atoms with Crippen LogP contribution in [0.5, 0.6) is 0 Å². The average molecular weight is 992 g/mol. The number of allylic oxidation sites excluding steroid dienone is 1. The van der Waals surface area contributed by atoms with E-state index in [1.54, 1.807) is 0 Å². The molecule has 12 heteroatoms. The molecule has 0 aromatic heterocycles. The number of carbonyl (C=O) groups excluding carboxylic acids is 3. The van der Waals surface area contributed by atoms with Crippen molar-refractivity contribution < 1.29 is 51.6 Å². The van der Waals surface area contributed by atoms with E-state index in [0.717, 1.165) is 100 Å². The molecule has 0 amide bonds. The number of nitrogens with zero attached hydrogens (tertiary/aromatic N) is 1. The van der Waals surface area contributed by atoms with Crippen LogP contribution in [0, 0.1) is 64.1 Å². The van der Waals surface area contributed by atoms with Crippen molar-refractivity contribution in [2.45, 2.75) is 222 Å². The fraction of sp³-hybridized carbons (Fsp3) is 0.912. The molecule has 0 heterocycles. The van der Waals surface area contributed by atoms with E-state index in [1.165, 1.54) is 56.9 Å². The molecule has 0 radical (unpaired) electrons. The minimum absolute atomic E-state index is 0.0849. The number of ether oxygens (including phenoxy) is 3. The number of esters is 3. The van der Waals surface area contributed by atoms with Crippen LogP contribution in [0.3, 0.4) is 0 Å². The van der Waals surface area contributed by atoms with E-state index in [1.807, 2.05) is 21.1 Å². The molecule has 11 nitrogen and oxygen atoms in total. The predicted molar refractivity (Wildman–Crippen MR) is 275 cm³/mol. The number of quaternary nitrogens is 1. The molecular weight excluding hydrogens is 890 g/mol. The predicted octanol–water partition coefficient (Wildman–Crippen LogP) is 13.2. The number of phosphoric ester groups is 1. The van der Waals surface area contributed by atoms with Crippen LogP contribution in [-0.2, 0) is 42.2 Å². The Morgan fingerprint density at radius 2 is 1.45 bits per heavy atom. The van der Waals surface area contributed by atoms with Crippen LogP contribution in [0.1, 0.15) is 210 Å². The highest BCUT2D eigenvalue weighted by atomic mass is 31.2. The number of hydrogen-bond donors (Lipinski definition) is 0. The molecule has 0 aliphatic heterocycles. The van der Waals surface area contributed by atoms with Gasteiger partial charge in [-0.3, -0.25) is 18.9 Å². The monoisotopic (exact) mass is 992 g/mol. The molecule has 0 spiro atoms. The Labute approximate surface area is 421 Å². The third kappa shape index (κ3) is 18.9. The molecular formula is C57H102NO10P. The van der Waals surface area contributed by atoms with Gasteiger partial charge in [-0.15, -0.1) is 0 Å². The van der Waals surface area contributed by atoms with Crippen LogP contribution >= 0.6 is 7.82 Å². The first-order valence-corrected chi connectivity index (χ1v) is 29.6. The van der Waals surface area contributed by atoms with Gasteiger partial charge in [0.1, 0.15) is 25.9 Å². The molecule has 0 aromatic rings. The molecule has 3 fully saturated rings. The zero-order chi connectivity index (χ0) is 51.0. The Kier molecular flexibility index (Phi) is 24.3. The van der Waals surface area contributed by atoms with E-state index in [0.29, 0.717) is 47.0 Å². The second kappa shape index (κ2) is 28.0. The molecule has 400 valence electrons. The van der Waals surface area contributed by atoms with Crippen molar-refractivity contribution in [2.24, 2.45) is 64.1 Å². The first kappa shape index (κ1) is 59.8. The van der Waals surface area contributed by atoms with Gasteiger partial charge in [-0.1, -0.05) is 138 Å². The molecule has 4 rings (SSSR count). The number of fused-ring (bicyclic) bond motifs is 5. The van der Waals surface area contributed by atoms with E-state index in [2.05, 4.69) is 68.4 Å². The van der Waals surface area contributed by atoms with Crippen LogP contribution in [0.4, 0.5) is 0 Å². The number of carbonyl (C=O) groups is 3. The van der Waals surface area contributed by atoms with Crippen LogP contribution < -0.4 is 4.89 Å². The second-order valence-corrected chi connectivity index (χ2v) is 26.2. The summed E-state index contributed by atoms with van der Waals surface area (Å²) < 4.78 is 41.1. The van der Waals surface area contributed by atoms with Gasteiger partial charge in [-0.05, 0) is 122 Å². The van der Waals surface area contributed by atoms with Gasteiger partial charge in [-0.2, -0.15) is 0 Å². The lowest BCUT2D eigenvalue weighted by molar-refractivity contribution is -0.870. The fourth-order valence-corrected chi connectivity index (χ4v) is 14.2. The van der Waals surface area contributed by atoms with Gasteiger partial charge < -0.3 is 32.6 Å². The number of phosphoric acid groups is 1. The topological polar surface area (TPSA) is 137 Å². The number of rotatable bonds is 32. The fourth-order valence-electron chi connectivity index (χ4n) is 13.5. The Morgan fingerprint density at radius 1 is 0.768 bits per heavy atom. The number of likely N-dealkylation sites (N-methyl/N-ethyl adjacent to an activating group) is 1.